The van der Waals surface area contributed by atoms with E-state index >= 15 is 0 Å². The molecule has 0 amide bonds. The molecular formula is C11H15N5. The fourth-order valence-electron chi connectivity index (χ4n) is 1.51. The Kier molecular flexibility index (Phi) is 3.14. The van der Waals surface area contributed by atoms with Gasteiger partial charge in [-0.05, 0) is 25.0 Å². The summed E-state index contributed by atoms with van der Waals surface area (Å²) in [4.78, 5) is 4.43. The highest BCUT2D eigenvalue weighted by Gasteiger charge is 2.05. The molecule has 0 aliphatic rings. The lowest BCUT2D eigenvalue weighted by atomic mass is 10.2. The summed E-state index contributed by atoms with van der Waals surface area (Å²) in [6.07, 6.45) is 5.53. The molecule has 5 nitrogen and oxygen atoms in total. The first-order valence-corrected chi connectivity index (χ1v) is 5.46. The van der Waals surface area contributed by atoms with Crippen LogP contribution < -0.4 is 5.43 Å². The lowest BCUT2D eigenvalue weighted by Gasteiger charge is -2.08. The van der Waals surface area contributed by atoms with Crippen molar-refractivity contribution >= 4 is 5.95 Å². The van der Waals surface area contributed by atoms with Crippen molar-refractivity contribution in [2.45, 2.75) is 26.7 Å². The molecule has 2 aromatic rings. The van der Waals surface area contributed by atoms with Crippen LogP contribution in [0, 0.1) is 0 Å². The SMILES string of the molecule is CCc1nnc(Nn2cccc2)nc1CC. The standard InChI is InChI=1S/C11H15N5/c1-3-9-10(4-2)13-14-11(12-9)15-16-7-5-6-8-16/h5-8H,3-4H2,1-2H3,(H,12,14,15). The normalized spacial score (nSPS) is 10.4. The lowest BCUT2D eigenvalue weighted by molar-refractivity contribution is 0.803. The Morgan fingerprint density at radius 3 is 2.38 bits per heavy atom. The number of aryl methyl sites for hydroxylation is 2. The average Bonchev–Trinajstić information content (AvgIpc) is 2.81. The predicted molar refractivity (Wildman–Crippen MR) is 62.0 cm³/mol. The Hall–Kier alpha value is -1.91. The summed E-state index contributed by atoms with van der Waals surface area (Å²) in [7, 11) is 0. The van der Waals surface area contributed by atoms with Gasteiger partial charge in [0.25, 0.3) is 5.95 Å². The molecule has 0 aliphatic carbocycles. The van der Waals surface area contributed by atoms with Gasteiger partial charge in [-0.3, -0.25) is 10.1 Å². The smallest absolute Gasteiger partial charge is 0.262 e. The van der Waals surface area contributed by atoms with Gasteiger partial charge in [-0.15, -0.1) is 10.2 Å². The Morgan fingerprint density at radius 1 is 1.06 bits per heavy atom. The van der Waals surface area contributed by atoms with Crippen molar-refractivity contribution in [3.8, 4) is 0 Å². The van der Waals surface area contributed by atoms with Crippen LogP contribution in [0.25, 0.3) is 0 Å². The second-order valence-corrected chi connectivity index (χ2v) is 3.44. The second-order valence-electron chi connectivity index (χ2n) is 3.44. The predicted octanol–water partition coefficient (Wildman–Crippen LogP) is 1.67. The highest BCUT2D eigenvalue weighted by atomic mass is 15.5. The maximum Gasteiger partial charge on any atom is 0.262 e. The van der Waals surface area contributed by atoms with E-state index in [4.69, 9.17) is 0 Å². The molecule has 5 heteroatoms. The highest BCUT2D eigenvalue weighted by Crippen LogP contribution is 2.06. The van der Waals surface area contributed by atoms with E-state index in [1.54, 1.807) is 4.68 Å². The zero-order chi connectivity index (χ0) is 11.4. The molecule has 0 aromatic carbocycles. The van der Waals surface area contributed by atoms with E-state index in [1.807, 2.05) is 24.5 Å². The summed E-state index contributed by atoms with van der Waals surface area (Å²) < 4.78 is 1.79. The van der Waals surface area contributed by atoms with E-state index in [2.05, 4.69) is 34.5 Å². The molecule has 0 radical (unpaired) electrons. The van der Waals surface area contributed by atoms with Gasteiger partial charge in [-0.1, -0.05) is 13.8 Å². The average molecular weight is 217 g/mol. The van der Waals surface area contributed by atoms with Crippen molar-refractivity contribution in [3.63, 3.8) is 0 Å². The van der Waals surface area contributed by atoms with Gasteiger partial charge >= 0.3 is 0 Å². The van der Waals surface area contributed by atoms with Gasteiger partial charge < -0.3 is 0 Å². The molecule has 0 spiro atoms. The van der Waals surface area contributed by atoms with Crippen LogP contribution in [-0.4, -0.2) is 19.9 Å². The van der Waals surface area contributed by atoms with Gasteiger partial charge in [0.1, 0.15) is 0 Å². The van der Waals surface area contributed by atoms with Crippen LogP contribution in [0.2, 0.25) is 0 Å². The van der Waals surface area contributed by atoms with E-state index < -0.39 is 0 Å². The number of hydrogen-bond donors (Lipinski definition) is 1. The molecule has 16 heavy (non-hydrogen) atoms. The van der Waals surface area contributed by atoms with Crippen molar-refractivity contribution in [3.05, 3.63) is 35.9 Å². The number of nitrogens with one attached hydrogen (secondary N) is 1. The number of hydrogen-bond acceptors (Lipinski definition) is 4. The monoisotopic (exact) mass is 217 g/mol. The molecule has 1 N–H and O–H groups in total. The van der Waals surface area contributed by atoms with Crippen LogP contribution in [0.5, 0.6) is 0 Å². The minimum Gasteiger partial charge on any atom is -0.268 e. The molecular weight excluding hydrogens is 202 g/mol. The molecule has 0 atom stereocenters. The largest absolute Gasteiger partial charge is 0.268 e. The van der Waals surface area contributed by atoms with E-state index in [1.165, 1.54) is 0 Å². The summed E-state index contributed by atoms with van der Waals surface area (Å²) in [5.41, 5.74) is 5.02. The van der Waals surface area contributed by atoms with Crippen molar-refractivity contribution in [1.29, 1.82) is 0 Å². The summed E-state index contributed by atoms with van der Waals surface area (Å²) in [5, 5.41) is 8.20. The van der Waals surface area contributed by atoms with Crippen LogP contribution in [-0.2, 0) is 12.8 Å². The van der Waals surface area contributed by atoms with Gasteiger partial charge in [0, 0.05) is 12.4 Å². The Morgan fingerprint density at radius 2 is 1.75 bits per heavy atom. The van der Waals surface area contributed by atoms with Crippen molar-refractivity contribution < 1.29 is 0 Å². The first-order chi connectivity index (χ1) is 7.83. The molecule has 2 heterocycles. The van der Waals surface area contributed by atoms with E-state index in [9.17, 15) is 0 Å². The Labute approximate surface area is 94.5 Å². The first kappa shape index (κ1) is 10.6. The molecule has 0 saturated heterocycles. The molecule has 0 unspecified atom stereocenters. The summed E-state index contributed by atoms with van der Waals surface area (Å²) >= 11 is 0. The third-order valence-electron chi connectivity index (χ3n) is 2.34. The Balaban J connectivity index is 2.22. The van der Waals surface area contributed by atoms with Crippen LogP contribution in [0.15, 0.2) is 24.5 Å². The maximum absolute atomic E-state index is 4.43. The van der Waals surface area contributed by atoms with Gasteiger partial charge in [-0.2, -0.15) is 0 Å². The summed E-state index contributed by atoms with van der Waals surface area (Å²) in [5.74, 6) is 0.533. The fourth-order valence-corrected chi connectivity index (χ4v) is 1.51. The van der Waals surface area contributed by atoms with Crippen LogP contribution in [0.4, 0.5) is 5.95 Å². The molecule has 2 rings (SSSR count). The number of aromatic nitrogens is 4. The van der Waals surface area contributed by atoms with Crippen LogP contribution in [0.1, 0.15) is 25.2 Å². The molecule has 2 aromatic heterocycles. The first-order valence-electron chi connectivity index (χ1n) is 5.46. The zero-order valence-electron chi connectivity index (χ0n) is 9.51. The number of nitrogens with zero attached hydrogens (tertiary/aromatic N) is 4. The number of anilines is 1. The highest BCUT2D eigenvalue weighted by molar-refractivity contribution is 5.25. The third kappa shape index (κ3) is 2.18. The quantitative estimate of drug-likeness (QED) is 0.846. The molecule has 0 aliphatic heterocycles. The minimum atomic E-state index is 0.533. The van der Waals surface area contributed by atoms with Crippen molar-refractivity contribution in [1.82, 2.24) is 19.9 Å². The minimum absolute atomic E-state index is 0.533. The molecule has 84 valence electrons. The molecule has 0 saturated carbocycles. The van der Waals surface area contributed by atoms with Crippen LogP contribution in [0.3, 0.4) is 0 Å². The molecule has 0 bridgehead atoms. The van der Waals surface area contributed by atoms with Crippen molar-refractivity contribution in [2.24, 2.45) is 0 Å². The summed E-state index contributed by atoms with van der Waals surface area (Å²) in [6.45, 7) is 4.13. The van der Waals surface area contributed by atoms with Crippen LogP contribution >= 0.6 is 0 Å². The van der Waals surface area contributed by atoms with Gasteiger partial charge in [0.05, 0.1) is 11.4 Å². The maximum atomic E-state index is 4.43. The van der Waals surface area contributed by atoms with E-state index in [0.717, 1.165) is 24.2 Å². The zero-order valence-corrected chi connectivity index (χ0v) is 9.51. The van der Waals surface area contributed by atoms with Gasteiger partial charge in [0.15, 0.2) is 0 Å². The van der Waals surface area contributed by atoms with Crippen molar-refractivity contribution in [2.75, 3.05) is 5.43 Å². The third-order valence-corrected chi connectivity index (χ3v) is 2.34. The lowest BCUT2D eigenvalue weighted by Crippen LogP contribution is -2.12. The number of rotatable bonds is 4. The summed E-state index contributed by atoms with van der Waals surface area (Å²) in [6, 6.07) is 3.86. The Bertz CT molecular complexity index is 449. The topological polar surface area (TPSA) is 55.6 Å². The van der Waals surface area contributed by atoms with E-state index in [-0.39, 0.29) is 0 Å². The molecule has 0 fully saturated rings. The van der Waals surface area contributed by atoms with Gasteiger partial charge in [-0.25, -0.2) is 4.98 Å². The second kappa shape index (κ2) is 4.74. The van der Waals surface area contributed by atoms with Gasteiger partial charge in [0.2, 0.25) is 0 Å². The van der Waals surface area contributed by atoms with E-state index in [0.29, 0.717) is 5.95 Å². The fraction of sp³-hybridized carbons (Fsp3) is 0.364.